The fraction of sp³-hybridized carbons (Fsp3) is 0.786. The minimum Gasteiger partial charge on any atom is -0.342 e. The summed E-state index contributed by atoms with van der Waals surface area (Å²) in [6.45, 7) is 9.84. The molecule has 1 fully saturated rings. The molecule has 2 heteroatoms. The van der Waals surface area contributed by atoms with Crippen molar-refractivity contribution in [3.63, 3.8) is 0 Å². The molecule has 0 spiro atoms. The quantitative estimate of drug-likeness (QED) is 0.669. The van der Waals surface area contributed by atoms with Crippen molar-refractivity contribution in [2.24, 2.45) is 5.41 Å². The van der Waals surface area contributed by atoms with Crippen LogP contribution in [0.5, 0.6) is 0 Å². The van der Waals surface area contributed by atoms with E-state index in [9.17, 15) is 4.79 Å². The molecular formula is C14H25NO. The first-order chi connectivity index (χ1) is 7.64. The minimum absolute atomic E-state index is 0.230. The van der Waals surface area contributed by atoms with Crippen molar-refractivity contribution in [1.82, 2.24) is 4.90 Å². The first-order valence-corrected chi connectivity index (χ1v) is 6.54. The van der Waals surface area contributed by atoms with Gasteiger partial charge in [0.2, 0.25) is 5.91 Å². The normalized spacial score (nSPS) is 21.0. The molecule has 16 heavy (non-hydrogen) atoms. The zero-order valence-electron chi connectivity index (χ0n) is 10.8. The molecule has 0 radical (unpaired) electrons. The Hall–Kier alpha value is -0.790. The van der Waals surface area contributed by atoms with Crippen LogP contribution >= 0.6 is 0 Å². The van der Waals surface area contributed by atoms with E-state index >= 15 is 0 Å². The zero-order chi connectivity index (χ0) is 12.0. The first-order valence-electron chi connectivity index (χ1n) is 6.54. The Labute approximate surface area is 99.7 Å². The third kappa shape index (κ3) is 3.10. The van der Waals surface area contributed by atoms with Crippen LogP contribution in [0.25, 0.3) is 0 Å². The molecule has 1 atom stereocenters. The molecule has 2 nitrogen and oxygen atoms in total. The summed E-state index contributed by atoms with van der Waals surface area (Å²) in [5, 5.41) is 0. The van der Waals surface area contributed by atoms with Crippen molar-refractivity contribution in [2.75, 3.05) is 13.1 Å². The molecule has 0 aromatic rings. The average molecular weight is 223 g/mol. The predicted molar refractivity (Wildman–Crippen MR) is 68.3 cm³/mol. The molecule has 1 aliphatic heterocycles. The SMILES string of the molecule is C=CCC(C)(CC)C(=O)N1CCCCCC1. The molecule has 0 N–H and O–H groups in total. The van der Waals surface area contributed by atoms with Gasteiger partial charge in [-0.3, -0.25) is 4.79 Å². The highest BCUT2D eigenvalue weighted by Crippen LogP contribution is 2.29. The van der Waals surface area contributed by atoms with Gasteiger partial charge in [0.25, 0.3) is 0 Å². The molecule has 1 aliphatic rings. The number of amides is 1. The molecular weight excluding hydrogens is 198 g/mol. The largest absolute Gasteiger partial charge is 0.342 e. The maximum absolute atomic E-state index is 12.5. The molecule has 1 rings (SSSR count). The molecule has 0 aromatic heterocycles. The van der Waals surface area contributed by atoms with Crippen LogP contribution in [0.1, 0.15) is 52.4 Å². The number of likely N-dealkylation sites (tertiary alicyclic amines) is 1. The highest BCUT2D eigenvalue weighted by Gasteiger charge is 2.33. The van der Waals surface area contributed by atoms with Gasteiger partial charge in [0, 0.05) is 18.5 Å². The van der Waals surface area contributed by atoms with Gasteiger partial charge < -0.3 is 4.90 Å². The van der Waals surface area contributed by atoms with Crippen LogP contribution in [-0.2, 0) is 4.79 Å². The van der Waals surface area contributed by atoms with E-state index in [0.717, 1.165) is 25.9 Å². The topological polar surface area (TPSA) is 20.3 Å². The molecule has 0 bridgehead atoms. The Balaban J connectivity index is 2.68. The van der Waals surface area contributed by atoms with E-state index in [1.54, 1.807) is 0 Å². The van der Waals surface area contributed by atoms with E-state index in [1.165, 1.54) is 25.7 Å². The van der Waals surface area contributed by atoms with Gasteiger partial charge in [-0.2, -0.15) is 0 Å². The highest BCUT2D eigenvalue weighted by molar-refractivity contribution is 5.82. The lowest BCUT2D eigenvalue weighted by molar-refractivity contribution is -0.141. The van der Waals surface area contributed by atoms with Gasteiger partial charge in [0.1, 0.15) is 0 Å². The zero-order valence-corrected chi connectivity index (χ0v) is 10.8. The fourth-order valence-corrected chi connectivity index (χ4v) is 2.36. The van der Waals surface area contributed by atoms with Gasteiger partial charge in [-0.1, -0.05) is 32.8 Å². The second-order valence-electron chi connectivity index (χ2n) is 5.11. The first kappa shape index (κ1) is 13.3. The van der Waals surface area contributed by atoms with Gasteiger partial charge >= 0.3 is 0 Å². The third-order valence-corrected chi connectivity index (χ3v) is 3.78. The van der Waals surface area contributed by atoms with Gasteiger partial charge in [0.05, 0.1) is 0 Å². The predicted octanol–water partition coefficient (Wildman–Crippen LogP) is 3.38. The summed E-state index contributed by atoms with van der Waals surface area (Å²) in [6, 6.07) is 0. The van der Waals surface area contributed by atoms with E-state index in [-0.39, 0.29) is 5.41 Å². The van der Waals surface area contributed by atoms with E-state index < -0.39 is 0 Å². The molecule has 92 valence electrons. The Morgan fingerprint density at radius 3 is 2.31 bits per heavy atom. The summed E-state index contributed by atoms with van der Waals surface area (Å²) in [5.41, 5.74) is -0.230. The molecule has 1 amide bonds. The van der Waals surface area contributed by atoms with Crippen molar-refractivity contribution in [2.45, 2.75) is 52.4 Å². The lowest BCUT2D eigenvalue weighted by atomic mass is 9.82. The number of carbonyl (C=O) groups is 1. The Morgan fingerprint density at radius 1 is 1.31 bits per heavy atom. The van der Waals surface area contributed by atoms with Crippen LogP contribution in [-0.4, -0.2) is 23.9 Å². The van der Waals surface area contributed by atoms with Gasteiger partial charge in [-0.15, -0.1) is 6.58 Å². The highest BCUT2D eigenvalue weighted by atomic mass is 16.2. The van der Waals surface area contributed by atoms with Crippen LogP contribution in [0, 0.1) is 5.41 Å². The third-order valence-electron chi connectivity index (χ3n) is 3.78. The number of nitrogens with zero attached hydrogens (tertiary/aromatic N) is 1. The van der Waals surface area contributed by atoms with Crippen LogP contribution < -0.4 is 0 Å². The molecule has 1 heterocycles. The number of hydrogen-bond donors (Lipinski definition) is 0. The number of hydrogen-bond acceptors (Lipinski definition) is 1. The monoisotopic (exact) mass is 223 g/mol. The molecule has 1 unspecified atom stereocenters. The Kier molecular flexibility index (Phi) is 5.04. The summed E-state index contributed by atoms with van der Waals surface area (Å²) in [4.78, 5) is 14.5. The van der Waals surface area contributed by atoms with Gasteiger partial charge in [0.15, 0.2) is 0 Å². The lowest BCUT2D eigenvalue weighted by Gasteiger charge is -2.32. The van der Waals surface area contributed by atoms with Gasteiger partial charge in [-0.25, -0.2) is 0 Å². The second kappa shape index (κ2) is 6.07. The second-order valence-corrected chi connectivity index (χ2v) is 5.11. The van der Waals surface area contributed by atoms with Crippen molar-refractivity contribution >= 4 is 5.91 Å². The average Bonchev–Trinajstić information content (AvgIpc) is 2.56. The van der Waals surface area contributed by atoms with E-state index in [4.69, 9.17) is 0 Å². The van der Waals surface area contributed by atoms with Crippen LogP contribution in [0.3, 0.4) is 0 Å². The van der Waals surface area contributed by atoms with E-state index in [2.05, 4.69) is 25.3 Å². The van der Waals surface area contributed by atoms with Gasteiger partial charge in [-0.05, 0) is 25.7 Å². The van der Waals surface area contributed by atoms with Crippen molar-refractivity contribution in [3.05, 3.63) is 12.7 Å². The van der Waals surface area contributed by atoms with Crippen molar-refractivity contribution in [1.29, 1.82) is 0 Å². The lowest BCUT2D eigenvalue weighted by Crippen LogP contribution is -2.42. The van der Waals surface area contributed by atoms with Crippen LogP contribution in [0.4, 0.5) is 0 Å². The summed E-state index contributed by atoms with van der Waals surface area (Å²) in [5.74, 6) is 0.330. The maximum Gasteiger partial charge on any atom is 0.228 e. The van der Waals surface area contributed by atoms with Crippen LogP contribution in [0.15, 0.2) is 12.7 Å². The number of carbonyl (C=O) groups excluding carboxylic acids is 1. The summed E-state index contributed by atoms with van der Waals surface area (Å²) in [7, 11) is 0. The molecule has 0 aliphatic carbocycles. The maximum atomic E-state index is 12.5. The summed E-state index contributed by atoms with van der Waals surface area (Å²) < 4.78 is 0. The standard InChI is InChI=1S/C14H25NO/c1-4-10-14(3,5-2)13(16)15-11-8-6-7-9-12-15/h4H,1,5-12H2,2-3H3. The summed E-state index contributed by atoms with van der Waals surface area (Å²) in [6.07, 6.45) is 8.44. The molecule has 0 saturated carbocycles. The summed E-state index contributed by atoms with van der Waals surface area (Å²) >= 11 is 0. The van der Waals surface area contributed by atoms with E-state index in [1.807, 2.05) is 6.08 Å². The van der Waals surface area contributed by atoms with Crippen molar-refractivity contribution in [3.8, 4) is 0 Å². The Bertz CT molecular complexity index is 241. The van der Waals surface area contributed by atoms with E-state index in [0.29, 0.717) is 5.91 Å². The fourth-order valence-electron chi connectivity index (χ4n) is 2.36. The minimum atomic E-state index is -0.230. The molecule has 0 aromatic carbocycles. The smallest absolute Gasteiger partial charge is 0.228 e. The van der Waals surface area contributed by atoms with Crippen LogP contribution in [0.2, 0.25) is 0 Å². The number of rotatable bonds is 4. The Morgan fingerprint density at radius 2 is 1.88 bits per heavy atom. The number of allylic oxidation sites excluding steroid dienone is 1. The van der Waals surface area contributed by atoms with Crippen molar-refractivity contribution < 1.29 is 4.79 Å². The molecule has 1 saturated heterocycles.